The van der Waals surface area contributed by atoms with Crippen molar-refractivity contribution in [2.45, 2.75) is 19.3 Å². The minimum Gasteiger partial charge on any atom is -0.127 e. The molecule has 12 heavy (non-hydrogen) atoms. The van der Waals surface area contributed by atoms with Gasteiger partial charge >= 0.3 is 0 Å². The zero-order valence-electron chi connectivity index (χ0n) is 7.06. The van der Waals surface area contributed by atoms with Crippen molar-refractivity contribution in [3.8, 4) is 0 Å². The summed E-state index contributed by atoms with van der Waals surface area (Å²) in [5.41, 5.74) is 1.19. The van der Waals surface area contributed by atoms with E-state index >= 15 is 0 Å². The Kier molecular flexibility index (Phi) is 3.90. The average Bonchev–Trinajstić information content (AvgIpc) is 2.05. The van der Waals surface area contributed by atoms with Crippen molar-refractivity contribution < 1.29 is 0 Å². The molecule has 0 saturated heterocycles. The highest BCUT2D eigenvalue weighted by Gasteiger charge is 2.07. The first kappa shape index (κ1) is 9.88. The molecule has 1 rings (SSSR count). The number of hydrogen-bond acceptors (Lipinski definition) is 0. The Bertz CT molecular complexity index is 245. The van der Waals surface area contributed by atoms with Gasteiger partial charge in [0.25, 0.3) is 0 Å². The fourth-order valence-electron chi connectivity index (χ4n) is 1.19. The van der Waals surface area contributed by atoms with Crippen LogP contribution in [0.1, 0.15) is 24.8 Å². The molecule has 0 aliphatic rings. The van der Waals surface area contributed by atoms with Crippen molar-refractivity contribution in [1.82, 2.24) is 0 Å². The van der Waals surface area contributed by atoms with Gasteiger partial charge in [-0.05, 0) is 24.0 Å². The summed E-state index contributed by atoms with van der Waals surface area (Å²) in [4.78, 5) is 0. The van der Waals surface area contributed by atoms with Crippen LogP contribution in [0, 0.1) is 0 Å². The van der Waals surface area contributed by atoms with E-state index in [0.717, 1.165) is 11.4 Å². The van der Waals surface area contributed by atoms with Crippen LogP contribution in [0.2, 0.25) is 5.02 Å². The van der Waals surface area contributed by atoms with E-state index in [0.29, 0.717) is 11.8 Å². The molecule has 0 radical (unpaired) electrons. The second kappa shape index (κ2) is 4.74. The van der Waals surface area contributed by atoms with E-state index in [1.54, 1.807) is 0 Å². The second-order valence-corrected chi connectivity index (χ2v) is 3.69. The number of rotatable bonds is 3. The Balaban J connectivity index is 2.79. The van der Waals surface area contributed by atoms with Crippen molar-refractivity contribution in [2.75, 3.05) is 5.88 Å². The van der Waals surface area contributed by atoms with E-state index in [9.17, 15) is 0 Å². The summed E-state index contributed by atoms with van der Waals surface area (Å²) in [5, 5.41) is 0.843. The van der Waals surface area contributed by atoms with Gasteiger partial charge in [-0.15, -0.1) is 11.6 Å². The van der Waals surface area contributed by atoms with Gasteiger partial charge in [0.2, 0.25) is 0 Å². The first-order valence-corrected chi connectivity index (χ1v) is 4.97. The van der Waals surface area contributed by atoms with E-state index < -0.39 is 0 Å². The van der Waals surface area contributed by atoms with E-state index in [2.05, 4.69) is 13.0 Å². The Morgan fingerprint density at radius 2 is 2.00 bits per heavy atom. The summed E-state index contributed by atoms with van der Waals surface area (Å²) >= 11 is 11.7. The van der Waals surface area contributed by atoms with Crippen molar-refractivity contribution in [3.05, 3.63) is 34.9 Å². The van der Waals surface area contributed by atoms with Crippen LogP contribution in [0.4, 0.5) is 0 Å². The van der Waals surface area contributed by atoms with Gasteiger partial charge in [-0.1, -0.05) is 36.7 Å². The van der Waals surface area contributed by atoms with E-state index in [1.807, 2.05) is 18.2 Å². The SMILES string of the molecule is CC(CCCl)c1ccccc1Cl. The van der Waals surface area contributed by atoms with Crippen LogP contribution in [0.15, 0.2) is 24.3 Å². The highest BCUT2D eigenvalue weighted by molar-refractivity contribution is 6.31. The monoisotopic (exact) mass is 202 g/mol. The lowest BCUT2D eigenvalue weighted by Crippen LogP contribution is -1.94. The van der Waals surface area contributed by atoms with Crippen LogP contribution in [-0.2, 0) is 0 Å². The molecule has 0 aliphatic carbocycles. The Hall–Kier alpha value is -0.200. The zero-order valence-corrected chi connectivity index (χ0v) is 8.57. The number of alkyl halides is 1. The van der Waals surface area contributed by atoms with Crippen LogP contribution in [-0.4, -0.2) is 5.88 Å². The largest absolute Gasteiger partial charge is 0.127 e. The van der Waals surface area contributed by atoms with Gasteiger partial charge in [0.15, 0.2) is 0 Å². The third kappa shape index (κ3) is 2.40. The lowest BCUT2D eigenvalue weighted by molar-refractivity contribution is 0.738. The topological polar surface area (TPSA) is 0 Å². The summed E-state index contributed by atoms with van der Waals surface area (Å²) in [7, 11) is 0. The van der Waals surface area contributed by atoms with Crippen molar-refractivity contribution in [2.24, 2.45) is 0 Å². The molecular formula is C10H12Cl2. The molecule has 0 spiro atoms. The molecule has 66 valence electrons. The van der Waals surface area contributed by atoms with Gasteiger partial charge in [-0.3, -0.25) is 0 Å². The van der Waals surface area contributed by atoms with Gasteiger partial charge in [0.1, 0.15) is 0 Å². The van der Waals surface area contributed by atoms with Gasteiger partial charge in [0, 0.05) is 10.9 Å². The summed E-state index contributed by atoms with van der Waals surface area (Å²) < 4.78 is 0. The molecule has 0 heterocycles. The maximum Gasteiger partial charge on any atom is 0.0440 e. The van der Waals surface area contributed by atoms with E-state index in [4.69, 9.17) is 23.2 Å². The molecule has 0 N–H and O–H groups in total. The molecule has 0 aliphatic heterocycles. The average molecular weight is 203 g/mol. The highest BCUT2D eigenvalue weighted by atomic mass is 35.5. The first-order valence-electron chi connectivity index (χ1n) is 4.06. The molecule has 0 fully saturated rings. The lowest BCUT2D eigenvalue weighted by Gasteiger charge is -2.10. The standard InChI is InChI=1S/C10H12Cl2/c1-8(6-7-11)9-4-2-3-5-10(9)12/h2-5,8H,6-7H2,1H3. The van der Waals surface area contributed by atoms with Crippen LogP contribution in [0.5, 0.6) is 0 Å². The predicted octanol–water partition coefficient (Wildman–Crippen LogP) is 4.07. The number of hydrogen-bond donors (Lipinski definition) is 0. The van der Waals surface area contributed by atoms with Crippen LogP contribution < -0.4 is 0 Å². The second-order valence-electron chi connectivity index (χ2n) is 2.90. The van der Waals surface area contributed by atoms with Gasteiger partial charge in [0.05, 0.1) is 0 Å². The fraction of sp³-hybridized carbons (Fsp3) is 0.400. The van der Waals surface area contributed by atoms with Crippen molar-refractivity contribution in [3.63, 3.8) is 0 Å². The van der Waals surface area contributed by atoms with Gasteiger partial charge < -0.3 is 0 Å². The summed E-state index contributed by atoms with van der Waals surface area (Å²) in [5.74, 6) is 1.14. The smallest absolute Gasteiger partial charge is 0.0440 e. The maximum atomic E-state index is 6.01. The predicted molar refractivity (Wildman–Crippen MR) is 55.2 cm³/mol. The number of benzene rings is 1. The summed E-state index contributed by atoms with van der Waals surface area (Å²) in [6, 6.07) is 7.92. The first-order chi connectivity index (χ1) is 5.75. The van der Waals surface area contributed by atoms with E-state index in [1.165, 1.54) is 5.56 Å². The quantitative estimate of drug-likeness (QED) is 0.649. The summed E-state index contributed by atoms with van der Waals surface area (Å²) in [6.45, 7) is 2.14. The molecule has 1 aromatic carbocycles. The number of halogens is 2. The van der Waals surface area contributed by atoms with Crippen LogP contribution in [0.3, 0.4) is 0 Å². The molecule has 1 aromatic rings. The third-order valence-electron chi connectivity index (χ3n) is 1.98. The Labute approximate surface area is 83.5 Å². The zero-order chi connectivity index (χ0) is 8.97. The molecule has 1 atom stereocenters. The highest BCUT2D eigenvalue weighted by Crippen LogP contribution is 2.26. The summed E-state index contributed by atoms with van der Waals surface area (Å²) in [6.07, 6.45) is 0.977. The molecule has 0 bridgehead atoms. The van der Waals surface area contributed by atoms with Crippen LogP contribution >= 0.6 is 23.2 Å². The molecule has 0 saturated carbocycles. The minimum absolute atomic E-state index is 0.455. The molecule has 2 heteroatoms. The molecular weight excluding hydrogens is 191 g/mol. The Morgan fingerprint density at radius 1 is 1.33 bits per heavy atom. The molecule has 1 unspecified atom stereocenters. The Morgan fingerprint density at radius 3 is 2.58 bits per heavy atom. The lowest BCUT2D eigenvalue weighted by atomic mass is 9.99. The van der Waals surface area contributed by atoms with E-state index in [-0.39, 0.29) is 0 Å². The van der Waals surface area contributed by atoms with Crippen molar-refractivity contribution >= 4 is 23.2 Å². The normalized spacial score (nSPS) is 12.9. The molecule has 0 aromatic heterocycles. The molecule has 0 nitrogen and oxygen atoms in total. The van der Waals surface area contributed by atoms with Crippen LogP contribution in [0.25, 0.3) is 0 Å². The van der Waals surface area contributed by atoms with Gasteiger partial charge in [-0.25, -0.2) is 0 Å². The molecule has 0 amide bonds. The fourth-order valence-corrected chi connectivity index (χ4v) is 1.84. The minimum atomic E-state index is 0.455. The third-order valence-corrected chi connectivity index (χ3v) is 2.54. The van der Waals surface area contributed by atoms with Gasteiger partial charge in [-0.2, -0.15) is 0 Å². The van der Waals surface area contributed by atoms with Crippen molar-refractivity contribution in [1.29, 1.82) is 0 Å². The maximum absolute atomic E-state index is 6.01.